The molecule has 2 aromatic rings. The van der Waals surface area contributed by atoms with Crippen molar-refractivity contribution in [2.45, 2.75) is 19.4 Å². The maximum absolute atomic E-state index is 9.59. The van der Waals surface area contributed by atoms with E-state index in [0.29, 0.717) is 17.5 Å². The second-order valence-corrected chi connectivity index (χ2v) is 4.93. The zero-order valence-corrected chi connectivity index (χ0v) is 11.1. The smallest absolute Gasteiger partial charge is 0.226 e. The Balaban J connectivity index is 2.10. The molecule has 3 heterocycles. The predicted molar refractivity (Wildman–Crippen MR) is 73.2 cm³/mol. The quantitative estimate of drug-likeness (QED) is 0.750. The van der Waals surface area contributed by atoms with Crippen LogP contribution in [0.15, 0.2) is 6.33 Å². The highest BCUT2D eigenvalue weighted by Crippen LogP contribution is 2.32. The van der Waals surface area contributed by atoms with Crippen LogP contribution in [0.3, 0.4) is 0 Å². The van der Waals surface area contributed by atoms with E-state index in [2.05, 4.69) is 37.1 Å². The van der Waals surface area contributed by atoms with Crippen LogP contribution in [0.25, 0.3) is 11.2 Å². The molecule has 0 radical (unpaired) electrons. The van der Waals surface area contributed by atoms with Crippen LogP contribution >= 0.6 is 0 Å². The van der Waals surface area contributed by atoms with Crippen molar-refractivity contribution < 1.29 is 5.11 Å². The lowest BCUT2D eigenvalue weighted by atomic mass is 10.0. The summed E-state index contributed by atoms with van der Waals surface area (Å²) in [6, 6.07) is 0.103. The summed E-state index contributed by atoms with van der Waals surface area (Å²) in [4.78, 5) is 18.3. The predicted octanol–water partition coefficient (Wildman–Crippen LogP) is 0.602. The Morgan fingerprint density at radius 1 is 1.53 bits per heavy atom. The molecule has 1 aliphatic rings. The van der Waals surface area contributed by atoms with E-state index in [4.69, 9.17) is 0 Å². The molecule has 1 fully saturated rings. The van der Waals surface area contributed by atoms with Crippen molar-refractivity contribution in [1.29, 1.82) is 0 Å². The number of hydrogen-bond donors (Lipinski definition) is 3. The van der Waals surface area contributed by atoms with Crippen molar-refractivity contribution in [1.82, 2.24) is 19.9 Å². The molecule has 3 N–H and O–H groups in total. The van der Waals surface area contributed by atoms with Crippen LogP contribution in [0.2, 0.25) is 0 Å². The van der Waals surface area contributed by atoms with E-state index in [1.807, 2.05) is 0 Å². The van der Waals surface area contributed by atoms with Gasteiger partial charge in [-0.05, 0) is 12.3 Å². The second-order valence-electron chi connectivity index (χ2n) is 4.93. The van der Waals surface area contributed by atoms with Gasteiger partial charge in [-0.15, -0.1) is 0 Å². The van der Waals surface area contributed by atoms with E-state index in [-0.39, 0.29) is 12.6 Å². The first-order chi connectivity index (χ1) is 9.24. The summed E-state index contributed by atoms with van der Waals surface area (Å²) in [6.45, 7) is 3.18. The summed E-state index contributed by atoms with van der Waals surface area (Å²) in [7, 11) is 1.79. The van der Waals surface area contributed by atoms with Crippen LogP contribution in [0.4, 0.5) is 11.8 Å². The highest BCUT2D eigenvalue weighted by molar-refractivity contribution is 5.84. The van der Waals surface area contributed by atoms with Crippen molar-refractivity contribution in [2.24, 2.45) is 5.92 Å². The number of anilines is 2. The molecule has 102 valence electrons. The van der Waals surface area contributed by atoms with Gasteiger partial charge in [-0.2, -0.15) is 9.97 Å². The molecule has 0 spiro atoms. The monoisotopic (exact) mass is 262 g/mol. The van der Waals surface area contributed by atoms with Gasteiger partial charge in [0.15, 0.2) is 11.5 Å². The van der Waals surface area contributed by atoms with Crippen LogP contribution in [0.5, 0.6) is 0 Å². The number of rotatable bonds is 3. The maximum Gasteiger partial charge on any atom is 0.226 e. The van der Waals surface area contributed by atoms with Crippen LogP contribution in [-0.2, 0) is 0 Å². The average Bonchev–Trinajstić information content (AvgIpc) is 3.03. The maximum atomic E-state index is 9.59. The Hall–Kier alpha value is -1.89. The van der Waals surface area contributed by atoms with Gasteiger partial charge < -0.3 is 20.3 Å². The van der Waals surface area contributed by atoms with Gasteiger partial charge >= 0.3 is 0 Å². The lowest BCUT2D eigenvalue weighted by Gasteiger charge is -2.26. The lowest BCUT2D eigenvalue weighted by Crippen LogP contribution is -2.36. The number of aromatic amines is 1. The van der Waals surface area contributed by atoms with Crippen LogP contribution in [0.1, 0.15) is 13.3 Å². The molecule has 7 heteroatoms. The van der Waals surface area contributed by atoms with Crippen LogP contribution in [-0.4, -0.2) is 51.3 Å². The number of imidazole rings is 1. The van der Waals surface area contributed by atoms with Crippen molar-refractivity contribution >= 4 is 22.9 Å². The molecule has 3 rings (SSSR count). The molecule has 0 saturated carbocycles. The molecule has 1 aliphatic heterocycles. The fourth-order valence-corrected chi connectivity index (χ4v) is 2.69. The third kappa shape index (κ3) is 1.90. The number of nitrogens with one attached hydrogen (secondary N) is 2. The Morgan fingerprint density at radius 3 is 3.11 bits per heavy atom. The number of fused-ring (bicyclic) bond motifs is 1. The highest BCUT2D eigenvalue weighted by Gasteiger charge is 2.33. The van der Waals surface area contributed by atoms with Crippen molar-refractivity contribution in [3.05, 3.63) is 6.33 Å². The molecular formula is C12H18N6O. The average molecular weight is 262 g/mol. The fourth-order valence-electron chi connectivity index (χ4n) is 2.69. The van der Waals surface area contributed by atoms with Crippen LogP contribution in [0, 0.1) is 5.92 Å². The molecule has 1 saturated heterocycles. The van der Waals surface area contributed by atoms with Gasteiger partial charge in [0, 0.05) is 13.6 Å². The normalized spacial score (nSPS) is 23.2. The first-order valence-corrected chi connectivity index (χ1v) is 6.51. The van der Waals surface area contributed by atoms with E-state index in [0.717, 1.165) is 24.3 Å². The van der Waals surface area contributed by atoms with E-state index in [1.165, 1.54) is 0 Å². The zero-order chi connectivity index (χ0) is 13.4. The number of aromatic nitrogens is 4. The first kappa shape index (κ1) is 12.2. The van der Waals surface area contributed by atoms with Gasteiger partial charge in [-0.3, -0.25) is 0 Å². The summed E-state index contributed by atoms with van der Waals surface area (Å²) in [5, 5.41) is 12.5. The molecular weight excluding hydrogens is 244 g/mol. The second kappa shape index (κ2) is 4.65. The van der Waals surface area contributed by atoms with E-state index < -0.39 is 0 Å². The Kier molecular flexibility index (Phi) is 2.98. The molecule has 19 heavy (non-hydrogen) atoms. The van der Waals surface area contributed by atoms with Gasteiger partial charge in [-0.25, -0.2) is 4.98 Å². The molecule has 2 aromatic heterocycles. The molecule has 2 unspecified atom stereocenters. The Labute approximate surface area is 111 Å². The van der Waals surface area contributed by atoms with Gasteiger partial charge in [-0.1, -0.05) is 6.92 Å². The number of H-pyrrole nitrogens is 1. The standard InChI is InChI=1S/C12H18N6O/c1-7-3-4-18(8(7)5-19)11-9-10(15-6-14-9)16-12(13-2)17-11/h6-8,19H,3-5H2,1-2H3,(H2,13,14,15,16,17). The SMILES string of the molecule is CNc1nc(N2CCC(C)C2CO)c2[nH]cnc2n1. The van der Waals surface area contributed by atoms with Gasteiger partial charge in [0.25, 0.3) is 0 Å². The summed E-state index contributed by atoms with van der Waals surface area (Å²) in [5.74, 6) is 1.82. The molecule has 7 nitrogen and oxygen atoms in total. The van der Waals surface area contributed by atoms with E-state index in [1.54, 1.807) is 13.4 Å². The summed E-state index contributed by atoms with van der Waals surface area (Å²) >= 11 is 0. The van der Waals surface area contributed by atoms with Crippen LogP contribution < -0.4 is 10.2 Å². The third-order valence-corrected chi connectivity index (χ3v) is 3.83. The minimum Gasteiger partial charge on any atom is -0.394 e. The summed E-state index contributed by atoms with van der Waals surface area (Å²) in [5.41, 5.74) is 1.47. The molecule has 0 amide bonds. The van der Waals surface area contributed by atoms with Gasteiger partial charge in [0.2, 0.25) is 5.95 Å². The third-order valence-electron chi connectivity index (χ3n) is 3.83. The van der Waals surface area contributed by atoms with Crippen molar-refractivity contribution in [2.75, 3.05) is 30.4 Å². The van der Waals surface area contributed by atoms with E-state index >= 15 is 0 Å². The Bertz CT molecular complexity index is 583. The topological polar surface area (TPSA) is 90.0 Å². The number of nitrogens with zero attached hydrogens (tertiary/aromatic N) is 4. The number of hydrogen-bond acceptors (Lipinski definition) is 6. The van der Waals surface area contributed by atoms with Gasteiger partial charge in [0.05, 0.1) is 19.0 Å². The van der Waals surface area contributed by atoms with Gasteiger partial charge in [0.1, 0.15) is 5.52 Å². The molecule has 0 bridgehead atoms. The zero-order valence-electron chi connectivity index (χ0n) is 11.1. The minimum absolute atomic E-state index is 0.103. The number of aliphatic hydroxyl groups excluding tert-OH is 1. The van der Waals surface area contributed by atoms with E-state index in [9.17, 15) is 5.11 Å². The molecule has 2 atom stereocenters. The number of aliphatic hydroxyl groups is 1. The van der Waals surface area contributed by atoms with Crippen molar-refractivity contribution in [3.8, 4) is 0 Å². The summed E-state index contributed by atoms with van der Waals surface area (Å²) in [6.07, 6.45) is 2.68. The Morgan fingerprint density at radius 2 is 2.37 bits per heavy atom. The summed E-state index contributed by atoms with van der Waals surface area (Å²) < 4.78 is 0. The molecule has 0 aliphatic carbocycles. The van der Waals surface area contributed by atoms with Crippen molar-refractivity contribution in [3.63, 3.8) is 0 Å². The highest BCUT2D eigenvalue weighted by atomic mass is 16.3. The first-order valence-electron chi connectivity index (χ1n) is 6.51. The minimum atomic E-state index is 0.103. The lowest BCUT2D eigenvalue weighted by molar-refractivity contribution is 0.244. The fraction of sp³-hybridized carbons (Fsp3) is 0.583. The largest absolute Gasteiger partial charge is 0.394 e. The molecule has 0 aromatic carbocycles.